The minimum Gasteiger partial charge on any atom is -0.379 e. The first-order valence-corrected chi connectivity index (χ1v) is 10.8. The zero-order valence-electron chi connectivity index (χ0n) is 16.1. The maximum absolute atomic E-state index is 12.9. The van der Waals surface area contributed by atoms with Crippen LogP contribution in [0.3, 0.4) is 0 Å². The molecule has 28 heavy (non-hydrogen) atoms. The Hall–Kier alpha value is -1.93. The van der Waals surface area contributed by atoms with Crippen molar-refractivity contribution in [2.24, 2.45) is 0 Å². The molecular formula is C20H23ClN2O4S. The first-order valence-electron chi connectivity index (χ1n) is 8.97. The van der Waals surface area contributed by atoms with Gasteiger partial charge in [-0.05, 0) is 50.1 Å². The van der Waals surface area contributed by atoms with Crippen molar-refractivity contribution in [2.75, 3.05) is 31.6 Å². The molecule has 1 aliphatic rings. The van der Waals surface area contributed by atoms with E-state index in [0.29, 0.717) is 18.9 Å². The van der Waals surface area contributed by atoms with Gasteiger partial charge in [0.05, 0.1) is 28.7 Å². The van der Waals surface area contributed by atoms with Crippen LogP contribution in [0.2, 0.25) is 5.02 Å². The fourth-order valence-corrected chi connectivity index (χ4v) is 4.97. The van der Waals surface area contributed by atoms with Crippen LogP contribution in [0.1, 0.15) is 27.0 Å². The quantitative estimate of drug-likeness (QED) is 0.817. The van der Waals surface area contributed by atoms with E-state index in [-0.39, 0.29) is 28.6 Å². The van der Waals surface area contributed by atoms with Crippen LogP contribution in [-0.4, -0.2) is 44.9 Å². The molecule has 3 rings (SSSR count). The van der Waals surface area contributed by atoms with Gasteiger partial charge < -0.3 is 10.1 Å². The molecule has 1 heterocycles. The van der Waals surface area contributed by atoms with Crippen molar-refractivity contribution < 1.29 is 17.9 Å². The number of anilines is 1. The Kier molecular flexibility index (Phi) is 6.09. The summed E-state index contributed by atoms with van der Waals surface area (Å²) in [5.41, 5.74) is 3.78. The number of benzene rings is 2. The predicted octanol–water partition coefficient (Wildman–Crippen LogP) is 3.54. The number of carbonyl (C=O) groups excluding carboxylic acids is 1. The van der Waals surface area contributed by atoms with Crippen molar-refractivity contribution in [3.8, 4) is 0 Å². The molecule has 1 fully saturated rings. The van der Waals surface area contributed by atoms with E-state index in [4.69, 9.17) is 16.3 Å². The summed E-state index contributed by atoms with van der Waals surface area (Å²) in [4.78, 5) is 12.9. The molecule has 0 atom stereocenters. The number of hydrogen-bond donors (Lipinski definition) is 1. The maximum Gasteiger partial charge on any atom is 0.257 e. The molecule has 1 saturated heterocycles. The third-order valence-corrected chi connectivity index (χ3v) is 6.93. The normalized spacial score (nSPS) is 15.4. The molecule has 0 unspecified atom stereocenters. The summed E-state index contributed by atoms with van der Waals surface area (Å²) >= 11 is 6.21. The Bertz CT molecular complexity index is 992. The van der Waals surface area contributed by atoms with Crippen LogP contribution in [0.5, 0.6) is 0 Å². The molecule has 6 nitrogen and oxygen atoms in total. The predicted molar refractivity (Wildman–Crippen MR) is 110 cm³/mol. The van der Waals surface area contributed by atoms with Gasteiger partial charge >= 0.3 is 0 Å². The second-order valence-electron chi connectivity index (χ2n) is 6.89. The number of ether oxygens (including phenoxy) is 1. The Labute approximate surface area is 170 Å². The number of halogens is 1. The van der Waals surface area contributed by atoms with E-state index in [1.807, 2.05) is 32.9 Å². The highest BCUT2D eigenvalue weighted by Crippen LogP contribution is 2.27. The molecule has 0 bridgehead atoms. The van der Waals surface area contributed by atoms with Gasteiger partial charge in [0.25, 0.3) is 5.91 Å². The van der Waals surface area contributed by atoms with E-state index < -0.39 is 15.9 Å². The zero-order valence-corrected chi connectivity index (χ0v) is 17.7. The highest BCUT2D eigenvalue weighted by molar-refractivity contribution is 7.89. The molecule has 1 N–H and O–H groups in total. The molecule has 0 aliphatic carbocycles. The largest absolute Gasteiger partial charge is 0.379 e. The van der Waals surface area contributed by atoms with Crippen molar-refractivity contribution in [2.45, 2.75) is 25.7 Å². The number of nitrogens with one attached hydrogen (secondary N) is 1. The minimum absolute atomic E-state index is 0.0429. The van der Waals surface area contributed by atoms with Crippen LogP contribution in [0.25, 0.3) is 0 Å². The lowest BCUT2D eigenvalue weighted by atomic mass is 10.0. The molecule has 150 valence electrons. The maximum atomic E-state index is 12.9. The van der Waals surface area contributed by atoms with Gasteiger partial charge in [0.2, 0.25) is 10.0 Å². The smallest absolute Gasteiger partial charge is 0.257 e. The van der Waals surface area contributed by atoms with Crippen LogP contribution in [-0.2, 0) is 14.8 Å². The monoisotopic (exact) mass is 422 g/mol. The second kappa shape index (κ2) is 8.21. The summed E-state index contributed by atoms with van der Waals surface area (Å²) in [6.45, 7) is 7.09. The molecule has 0 saturated carbocycles. The zero-order chi connectivity index (χ0) is 20.5. The number of nitrogens with zero attached hydrogens (tertiary/aromatic N) is 1. The Morgan fingerprint density at radius 1 is 1.07 bits per heavy atom. The van der Waals surface area contributed by atoms with Gasteiger partial charge in [0.1, 0.15) is 0 Å². The SMILES string of the molecule is Cc1cc(C)c(NC(=O)c2cc(S(=O)(=O)N3CCOCC3)ccc2Cl)c(C)c1. The summed E-state index contributed by atoms with van der Waals surface area (Å²) in [5.74, 6) is -0.445. The van der Waals surface area contributed by atoms with Crippen LogP contribution in [0.15, 0.2) is 35.2 Å². The van der Waals surface area contributed by atoms with Crippen LogP contribution < -0.4 is 5.32 Å². The summed E-state index contributed by atoms with van der Waals surface area (Å²) in [7, 11) is -3.71. The van der Waals surface area contributed by atoms with Crippen molar-refractivity contribution in [1.82, 2.24) is 4.31 Å². The first-order chi connectivity index (χ1) is 13.2. The molecule has 0 radical (unpaired) electrons. The van der Waals surface area contributed by atoms with Crippen molar-refractivity contribution >= 4 is 33.2 Å². The second-order valence-corrected chi connectivity index (χ2v) is 9.23. The Morgan fingerprint density at radius 3 is 2.29 bits per heavy atom. The number of morpholine rings is 1. The van der Waals surface area contributed by atoms with Crippen molar-refractivity contribution in [3.63, 3.8) is 0 Å². The average Bonchev–Trinajstić information content (AvgIpc) is 2.65. The lowest BCUT2D eigenvalue weighted by molar-refractivity contribution is 0.0730. The number of aryl methyl sites for hydroxylation is 3. The third kappa shape index (κ3) is 4.22. The average molecular weight is 423 g/mol. The molecular weight excluding hydrogens is 400 g/mol. The van der Waals surface area contributed by atoms with Crippen LogP contribution >= 0.6 is 11.6 Å². The topological polar surface area (TPSA) is 75.7 Å². The van der Waals surface area contributed by atoms with E-state index >= 15 is 0 Å². The van der Waals surface area contributed by atoms with Crippen LogP contribution in [0, 0.1) is 20.8 Å². The molecule has 0 aromatic heterocycles. The molecule has 0 spiro atoms. The summed E-state index contributed by atoms with van der Waals surface area (Å²) in [5, 5.41) is 3.06. The van der Waals surface area contributed by atoms with Gasteiger partial charge in [-0.1, -0.05) is 29.3 Å². The van der Waals surface area contributed by atoms with Gasteiger partial charge in [0, 0.05) is 18.8 Å². The van der Waals surface area contributed by atoms with Gasteiger partial charge in [-0.25, -0.2) is 8.42 Å². The van der Waals surface area contributed by atoms with Crippen LogP contribution in [0.4, 0.5) is 5.69 Å². The van der Waals surface area contributed by atoms with Crippen molar-refractivity contribution in [1.29, 1.82) is 0 Å². The first kappa shape index (κ1) is 20.8. The van der Waals surface area contributed by atoms with E-state index in [1.54, 1.807) is 0 Å². The fourth-order valence-electron chi connectivity index (χ4n) is 3.33. The van der Waals surface area contributed by atoms with Gasteiger partial charge in [-0.3, -0.25) is 4.79 Å². The Morgan fingerprint density at radius 2 is 1.68 bits per heavy atom. The van der Waals surface area contributed by atoms with E-state index in [1.165, 1.54) is 22.5 Å². The lowest BCUT2D eigenvalue weighted by Crippen LogP contribution is -2.40. The molecule has 2 aromatic rings. The van der Waals surface area contributed by atoms with Crippen molar-refractivity contribution in [3.05, 3.63) is 57.6 Å². The van der Waals surface area contributed by atoms with Gasteiger partial charge in [-0.15, -0.1) is 0 Å². The van der Waals surface area contributed by atoms with E-state index in [9.17, 15) is 13.2 Å². The summed E-state index contributed by atoms with van der Waals surface area (Å²) in [6.07, 6.45) is 0. The molecule has 8 heteroatoms. The number of hydrogen-bond acceptors (Lipinski definition) is 4. The number of amides is 1. The highest BCUT2D eigenvalue weighted by atomic mass is 35.5. The highest BCUT2D eigenvalue weighted by Gasteiger charge is 2.27. The fraction of sp³-hybridized carbons (Fsp3) is 0.350. The number of sulfonamides is 1. The third-order valence-electron chi connectivity index (χ3n) is 4.71. The van der Waals surface area contributed by atoms with Gasteiger partial charge in [-0.2, -0.15) is 4.31 Å². The molecule has 1 amide bonds. The summed E-state index contributed by atoms with van der Waals surface area (Å²) < 4.78 is 32.3. The Balaban J connectivity index is 1.92. The number of rotatable bonds is 4. The molecule has 1 aliphatic heterocycles. The van der Waals surface area contributed by atoms with E-state index in [2.05, 4.69) is 5.32 Å². The summed E-state index contributed by atoms with van der Waals surface area (Å²) in [6, 6.07) is 8.15. The standard InChI is InChI=1S/C20H23ClN2O4S/c1-13-10-14(2)19(15(3)11-13)22-20(24)17-12-16(4-5-18(17)21)28(25,26)23-6-8-27-9-7-23/h4-5,10-12H,6-9H2,1-3H3,(H,22,24). The lowest BCUT2D eigenvalue weighted by Gasteiger charge is -2.26. The van der Waals surface area contributed by atoms with E-state index in [0.717, 1.165) is 16.7 Å². The minimum atomic E-state index is -3.71. The van der Waals surface area contributed by atoms with Gasteiger partial charge in [0.15, 0.2) is 0 Å². The molecule has 2 aromatic carbocycles. The number of carbonyl (C=O) groups is 1.